The molecule has 1 amide bonds. The molecule has 2 N–H and O–H groups in total. The van der Waals surface area contributed by atoms with Crippen LogP contribution in [0, 0.1) is 41.5 Å². The number of anilines is 1. The van der Waals surface area contributed by atoms with Crippen LogP contribution >= 0.6 is 0 Å². The normalized spacial score (nSPS) is 10.4. The molecule has 1 aromatic heterocycles. The molecule has 2 rings (SSSR count). The summed E-state index contributed by atoms with van der Waals surface area (Å²) < 4.78 is 55.1. The van der Waals surface area contributed by atoms with Gasteiger partial charge in [-0.3, -0.25) is 9.89 Å². The Bertz CT molecular complexity index is 793. The highest BCUT2D eigenvalue weighted by molar-refractivity contribution is 5.90. The number of nitrogens with zero attached hydrogens (tertiary/aromatic N) is 2. The first kappa shape index (κ1) is 15.5. The Kier molecular flexibility index (Phi) is 3.86. The zero-order chi connectivity index (χ0) is 16.6. The fourth-order valence-electron chi connectivity index (χ4n) is 1.85. The lowest BCUT2D eigenvalue weighted by Gasteiger charge is -2.08. The average Bonchev–Trinajstić information content (AvgIpc) is 2.85. The molecule has 0 radical (unpaired) electrons. The van der Waals surface area contributed by atoms with Gasteiger partial charge in [0.15, 0.2) is 23.3 Å². The second-order valence-electron chi connectivity index (χ2n) is 4.37. The van der Waals surface area contributed by atoms with E-state index in [9.17, 15) is 22.4 Å². The molecule has 0 saturated heterocycles. The van der Waals surface area contributed by atoms with Crippen LogP contribution in [0.15, 0.2) is 0 Å². The van der Waals surface area contributed by atoms with Crippen molar-refractivity contribution in [1.29, 1.82) is 5.26 Å². The Hall–Kier alpha value is -2.89. The van der Waals surface area contributed by atoms with E-state index in [4.69, 9.17) is 5.26 Å². The van der Waals surface area contributed by atoms with Crippen molar-refractivity contribution < 1.29 is 22.4 Å². The molecule has 2 aromatic rings. The van der Waals surface area contributed by atoms with Crippen molar-refractivity contribution in [3.05, 3.63) is 34.4 Å². The largest absolute Gasteiger partial charge is 0.310 e. The molecular weight excluding hydrogens is 304 g/mol. The Morgan fingerprint density at radius 3 is 2.18 bits per heavy atom. The van der Waals surface area contributed by atoms with E-state index in [-0.39, 0.29) is 5.82 Å². The monoisotopic (exact) mass is 312 g/mol. The number of benzene rings is 1. The van der Waals surface area contributed by atoms with Crippen LogP contribution in [0.2, 0.25) is 0 Å². The standard InChI is InChI=1S/C13H8F4N4O/c1-4-8(14)10(16)7(11(17)9(4)15)12-6(3-18)13(21-20-12)19-5(2)22/h1-2H3,(H2,19,20,21,22). The third-order valence-corrected chi connectivity index (χ3v) is 2.90. The van der Waals surface area contributed by atoms with E-state index in [1.807, 2.05) is 0 Å². The number of amides is 1. The first-order valence-electron chi connectivity index (χ1n) is 5.88. The number of hydrogen-bond acceptors (Lipinski definition) is 3. The Morgan fingerprint density at radius 1 is 1.18 bits per heavy atom. The van der Waals surface area contributed by atoms with Crippen LogP contribution in [0.5, 0.6) is 0 Å². The molecule has 1 heterocycles. The lowest BCUT2D eigenvalue weighted by Crippen LogP contribution is -2.07. The maximum Gasteiger partial charge on any atom is 0.222 e. The minimum absolute atomic E-state index is 0.231. The van der Waals surface area contributed by atoms with Gasteiger partial charge in [0.1, 0.15) is 23.1 Å². The molecule has 0 atom stereocenters. The number of aromatic amines is 1. The number of nitriles is 1. The molecule has 0 saturated carbocycles. The SMILES string of the molecule is CC(=O)Nc1[nH]nc(-c2c(F)c(F)c(C)c(F)c2F)c1C#N. The van der Waals surface area contributed by atoms with Gasteiger partial charge in [0, 0.05) is 12.5 Å². The summed E-state index contributed by atoms with van der Waals surface area (Å²) >= 11 is 0. The highest BCUT2D eigenvalue weighted by Crippen LogP contribution is 2.34. The summed E-state index contributed by atoms with van der Waals surface area (Å²) in [6, 6.07) is 1.57. The molecule has 0 aliphatic rings. The number of hydrogen-bond donors (Lipinski definition) is 2. The summed E-state index contributed by atoms with van der Waals surface area (Å²) in [7, 11) is 0. The van der Waals surface area contributed by atoms with Gasteiger partial charge in [0.05, 0.1) is 5.56 Å². The summed E-state index contributed by atoms with van der Waals surface area (Å²) in [6.45, 7) is 2.01. The van der Waals surface area contributed by atoms with Crippen LogP contribution in [0.25, 0.3) is 11.3 Å². The smallest absolute Gasteiger partial charge is 0.222 e. The fraction of sp³-hybridized carbons (Fsp3) is 0.154. The number of rotatable bonds is 2. The predicted octanol–water partition coefficient (Wildman–Crippen LogP) is 2.77. The van der Waals surface area contributed by atoms with Crippen molar-refractivity contribution in [3.8, 4) is 17.3 Å². The third kappa shape index (κ3) is 2.28. The molecule has 0 unspecified atom stereocenters. The second kappa shape index (κ2) is 5.48. The summed E-state index contributed by atoms with van der Waals surface area (Å²) in [4.78, 5) is 11.0. The number of H-pyrrole nitrogens is 1. The third-order valence-electron chi connectivity index (χ3n) is 2.90. The van der Waals surface area contributed by atoms with Crippen LogP contribution < -0.4 is 5.32 Å². The van der Waals surface area contributed by atoms with E-state index in [1.165, 1.54) is 0 Å². The van der Waals surface area contributed by atoms with E-state index in [1.54, 1.807) is 6.07 Å². The van der Waals surface area contributed by atoms with Crippen molar-refractivity contribution >= 4 is 11.7 Å². The number of nitrogens with one attached hydrogen (secondary N) is 2. The topological polar surface area (TPSA) is 81.6 Å². The molecule has 5 nitrogen and oxygen atoms in total. The molecule has 0 fully saturated rings. The predicted molar refractivity (Wildman–Crippen MR) is 67.6 cm³/mol. The fourth-order valence-corrected chi connectivity index (χ4v) is 1.85. The van der Waals surface area contributed by atoms with Crippen LogP contribution in [0.1, 0.15) is 18.1 Å². The number of carbonyl (C=O) groups is 1. The van der Waals surface area contributed by atoms with Gasteiger partial charge in [-0.25, -0.2) is 17.6 Å². The van der Waals surface area contributed by atoms with Gasteiger partial charge in [0.25, 0.3) is 0 Å². The Balaban J connectivity index is 2.76. The lowest BCUT2D eigenvalue weighted by atomic mass is 10.0. The average molecular weight is 312 g/mol. The van der Waals surface area contributed by atoms with E-state index in [0.29, 0.717) is 0 Å². The van der Waals surface area contributed by atoms with Gasteiger partial charge < -0.3 is 5.32 Å². The van der Waals surface area contributed by atoms with Crippen molar-refractivity contribution in [3.63, 3.8) is 0 Å². The molecule has 0 bridgehead atoms. The quantitative estimate of drug-likeness (QED) is 0.661. The van der Waals surface area contributed by atoms with Gasteiger partial charge in [-0.1, -0.05) is 0 Å². The molecule has 22 heavy (non-hydrogen) atoms. The van der Waals surface area contributed by atoms with Crippen LogP contribution in [0.3, 0.4) is 0 Å². The maximum absolute atomic E-state index is 13.9. The summed E-state index contributed by atoms with van der Waals surface area (Å²) in [6.07, 6.45) is 0. The van der Waals surface area contributed by atoms with E-state index >= 15 is 0 Å². The highest BCUT2D eigenvalue weighted by Gasteiger charge is 2.28. The summed E-state index contributed by atoms with van der Waals surface area (Å²) in [5, 5.41) is 16.9. The van der Waals surface area contributed by atoms with Gasteiger partial charge >= 0.3 is 0 Å². The number of aromatic nitrogens is 2. The minimum Gasteiger partial charge on any atom is -0.310 e. The van der Waals surface area contributed by atoms with Gasteiger partial charge in [-0.05, 0) is 6.92 Å². The first-order valence-corrected chi connectivity index (χ1v) is 5.88. The van der Waals surface area contributed by atoms with Gasteiger partial charge in [-0.15, -0.1) is 0 Å². The summed E-state index contributed by atoms with van der Waals surface area (Å²) in [5.74, 6) is -7.31. The van der Waals surface area contributed by atoms with Crippen LogP contribution in [-0.2, 0) is 4.79 Å². The van der Waals surface area contributed by atoms with Crippen LogP contribution in [0.4, 0.5) is 23.4 Å². The zero-order valence-corrected chi connectivity index (χ0v) is 11.3. The molecule has 0 spiro atoms. The molecule has 0 aliphatic carbocycles. The van der Waals surface area contributed by atoms with Crippen molar-refractivity contribution in [2.75, 3.05) is 5.32 Å². The Labute approximate surface area is 121 Å². The van der Waals surface area contributed by atoms with Crippen molar-refractivity contribution in [1.82, 2.24) is 10.2 Å². The number of halogens is 4. The Morgan fingerprint density at radius 2 is 1.73 bits per heavy atom. The van der Waals surface area contributed by atoms with E-state index < -0.39 is 51.6 Å². The van der Waals surface area contributed by atoms with Crippen LogP contribution in [-0.4, -0.2) is 16.1 Å². The summed E-state index contributed by atoms with van der Waals surface area (Å²) in [5.41, 5.74) is -3.03. The van der Waals surface area contributed by atoms with Gasteiger partial charge in [-0.2, -0.15) is 10.4 Å². The van der Waals surface area contributed by atoms with E-state index in [0.717, 1.165) is 13.8 Å². The van der Waals surface area contributed by atoms with E-state index in [2.05, 4.69) is 15.5 Å². The maximum atomic E-state index is 13.9. The van der Waals surface area contributed by atoms with Crippen molar-refractivity contribution in [2.24, 2.45) is 0 Å². The minimum atomic E-state index is -1.67. The molecule has 0 aliphatic heterocycles. The van der Waals surface area contributed by atoms with Crippen molar-refractivity contribution in [2.45, 2.75) is 13.8 Å². The molecule has 1 aromatic carbocycles. The number of carbonyl (C=O) groups excluding carboxylic acids is 1. The first-order chi connectivity index (χ1) is 10.3. The highest BCUT2D eigenvalue weighted by atomic mass is 19.2. The lowest BCUT2D eigenvalue weighted by molar-refractivity contribution is -0.114. The molecular formula is C13H8F4N4O. The molecule has 114 valence electrons. The second-order valence-corrected chi connectivity index (χ2v) is 4.37. The van der Waals surface area contributed by atoms with Gasteiger partial charge in [0.2, 0.25) is 5.91 Å². The zero-order valence-electron chi connectivity index (χ0n) is 11.3. The molecule has 9 heteroatoms.